The second-order valence-corrected chi connectivity index (χ2v) is 6.24. The molecule has 1 aliphatic rings. The number of nitrogens with one attached hydrogen (secondary N) is 1. The van der Waals surface area contributed by atoms with Gasteiger partial charge in [0.2, 0.25) is 5.91 Å². The summed E-state index contributed by atoms with van der Waals surface area (Å²) in [5.74, 6) is 1.34. The number of carbonyl (C=O) groups excluding carboxylic acids is 1. The van der Waals surface area contributed by atoms with E-state index in [1.807, 2.05) is 30.0 Å². The van der Waals surface area contributed by atoms with E-state index in [0.717, 1.165) is 44.4 Å². The van der Waals surface area contributed by atoms with Crippen molar-refractivity contribution in [2.75, 3.05) is 18.6 Å². The first-order valence-corrected chi connectivity index (χ1v) is 8.52. The van der Waals surface area contributed by atoms with Gasteiger partial charge in [-0.1, -0.05) is 43.2 Å². The van der Waals surface area contributed by atoms with E-state index in [1.54, 1.807) is 0 Å². The molecule has 0 radical (unpaired) electrons. The molecule has 0 bridgehead atoms. The summed E-state index contributed by atoms with van der Waals surface area (Å²) in [5, 5.41) is 3.15. The molecule has 2 nitrogen and oxygen atoms in total. The number of hydrogen-bond donors (Lipinski definition) is 1. The van der Waals surface area contributed by atoms with Crippen molar-refractivity contribution in [2.24, 2.45) is 0 Å². The molecule has 0 spiro atoms. The highest BCUT2D eigenvalue weighted by atomic mass is 32.2. The van der Waals surface area contributed by atoms with Crippen molar-refractivity contribution in [3.63, 3.8) is 0 Å². The minimum absolute atomic E-state index is 0.234. The highest BCUT2D eigenvalue weighted by Gasteiger charge is 2.42. The van der Waals surface area contributed by atoms with Crippen molar-refractivity contribution >= 4 is 17.7 Å². The van der Waals surface area contributed by atoms with Crippen LogP contribution in [0.15, 0.2) is 30.3 Å². The van der Waals surface area contributed by atoms with Crippen LogP contribution in [0.5, 0.6) is 0 Å². The van der Waals surface area contributed by atoms with Crippen LogP contribution in [0.2, 0.25) is 0 Å². The Hall–Kier alpha value is -0.960. The minimum Gasteiger partial charge on any atom is -0.355 e. The average Bonchev–Trinajstić information content (AvgIpc) is 2.95. The predicted molar refractivity (Wildman–Crippen MR) is 82.6 cm³/mol. The third kappa shape index (κ3) is 3.33. The van der Waals surface area contributed by atoms with Gasteiger partial charge in [-0.15, -0.1) is 0 Å². The van der Waals surface area contributed by atoms with Crippen LogP contribution < -0.4 is 5.32 Å². The molecule has 0 aliphatic heterocycles. The highest BCUT2D eigenvalue weighted by Crippen LogP contribution is 2.41. The van der Waals surface area contributed by atoms with Crippen LogP contribution >= 0.6 is 11.8 Å². The molecule has 19 heavy (non-hydrogen) atoms. The third-order valence-corrected chi connectivity index (χ3v) is 4.73. The van der Waals surface area contributed by atoms with E-state index in [1.165, 1.54) is 5.56 Å². The molecule has 1 N–H and O–H groups in total. The van der Waals surface area contributed by atoms with Crippen molar-refractivity contribution in [3.8, 4) is 0 Å². The summed E-state index contributed by atoms with van der Waals surface area (Å²) in [6, 6.07) is 10.3. The summed E-state index contributed by atoms with van der Waals surface area (Å²) >= 11 is 1.83. The quantitative estimate of drug-likeness (QED) is 0.808. The Morgan fingerprint density at radius 1 is 1.26 bits per heavy atom. The number of benzene rings is 1. The van der Waals surface area contributed by atoms with Crippen molar-refractivity contribution in [1.29, 1.82) is 0 Å². The number of thioether (sulfide) groups is 1. The van der Waals surface area contributed by atoms with Gasteiger partial charge in [0.15, 0.2) is 0 Å². The fourth-order valence-corrected chi connectivity index (χ4v) is 3.40. The van der Waals surface area contributed by atoms with Crippen LogP contribution in [0.25, 0.3) is 0 Å². The second-order valence-electron chi connectivity index (χ2n) is 5.26. The molecule has 0 heterocycles. The van der Waals surface area contributed by atoms with Crippen molar-refractivity contribution < 1.29 is 4.79 Å². The van der Waals surface area contributed by atoms with E-state index in [9.17, 15) is 4.79 Å². The molecule has 1 aromatic carbocycles. The lowest BCUT2D eigenvalue weighted by Crippen LogP contribution is -2.43. The molecule has 1 amide bonds. The van der Waals surface area contributed by atoms with Crippen LogP contribution in [0.1, 0.15) is 37.7 Å². The molecular weight excluding hydrogens is 254 g/mol. The Kier molecular flexibility index (Phi) is 5.32. The van der Waals surface area contributed by atoms with Gasteiger partial charge in [0.25, 0.3) is 0 Å². The molecule has 3 heteroatoms. The summed E-state index contributed by atoms with van der Waals surface area (Å²) in [6.07, 6.45) is 7.46. The summed E-state index contributed by atoms with van der Waals surface area (Å²) in [7, 11) is 0. The molecule has 2 rings (SSSR count). The lowest BCUT2D eigenvalue weighted by atomic mass is 9.78. The van der Waals surface area contributed by atoms with E-state index in [4.69, 9.17) is 0 Å². The normalized spacial score (nSPS) is 17.3. The van der Waals surface area contributed by atoms with Gasteiger partial charge in [-0.2, -0.15) is 11.8 Å². The molecule has 1 aliphatic carbocycles. The van der Waals surface area contributed by atoms with Crippen LogP contribution in [-0.4, -0.2) is 24.5 Å². The lowest BCUT2D eigenvalue weighted by Gasteiger charge is -2.28. The monoisotopic (exact) mass is 277 g/mol. The van der Waals surface area contributed by atoms with E-state index in [-0.39, 0.29) is 11.3 Å². The SMILES string of the molecule is CSCCCNC(=O)C1(c2ccccc2)CCCC1. The summed E-state index contributed by atoms with van der Waals surface area (Å²) < 4.78 is 0. The molecule has 1 fully saturated rings. The van der Waals surface area contributed by atoms with Crippen LogP contribution in [-0.2, 0) is 10.2 Å². The Morgan fingerprint density at radius 2 is 1.95 bits per heavy atom. The Balaban J connectivity index is 2.05. The number of hydrogen-bond acceptors (Lipinski definition) is 2. The molecule has 0 aromatic heterocycles. The summed E-state index contributed by atoms with van der Waals surface area (Å²) in [6.45, 7) is 0.800. The first-order chi connectivity index (χ1) is 9.29. The zero-order valence-electron chi connectivity index (χ0n) is 11.7. The van der Waals surface area contributed by atoms with Gasteiger partial charge >= 0.3 is 0 Å². The van der Waals surface area contributed by atoms with Crippen molar-refractivity contribution in [3.05, 3.63) is 35.9 Å². The highest BCUT2D eigenvalue weighted by molar-refractivity contribution is 7.98. The molecular formula is C16H23NOS. The summed E-state index contributed by atoms with van der Waals surface area (Å²) in [4.78, 5) is 12.6. The third-order valence-electron chi connectivity index (χ3n) is 4.03. The molecule has 0 atom stereocenters. The van der Waals surface area contributed by atoms with Crippen molar-refractivity contribution in [1.82, 2.24) is 5.32 Å². The molecule has 104 valence electrons. The van der Waals surface area contributed by atoms with E-state index in [0.29, 0.717) is 0 Å². The number of carbonyl (C=O) groups is 1. The fraction of sp³-hybridized carbons (Fsp3) is 0.562. The van der Waals surface area contributed by atoms with Gasteiger partial charge in [-0.3, -0.25) is 4.79 Å². The molecule has 0 saturated heterocycles. The van der Waals surface area contributed by atoms with Gasteiger partial charge in [-0.05, 0) is 36.8 Å². The maximum atomic E-state index is 12.6. The fourth-order valence-electron chi connectivity index (χ4n) is 2.97. The van der Waals surface area contributed by atoms with E-state index in [2.05, 4.69) is 23.7 Å². The van der Waals surface area contributed by atoms with Gasteiger partial charge in [-0.25, -0.2) is 0 Å². The molecule has 1 saturated carbocycles. The number of rotatable bonds is 6. The molecule has 1 aromatic rings. The minimum atomic E-state index is -0.263. The van der Waals surface area contributed by atoms with E-state index < -0.39 is 0 Å². The summed E-state index contributed by atoms with van der Waals surface area (Å²) in [5.41, 5.74) is 0.926. The van der Waals surface area contributed by atoms with Crippen LogP contribution in [0, 0.1) is 0 Å². The van der Waals surface area contributed by atoms with Crippen LogP contribution in [0.4, 0.5) is 0 Å². The zero-order chi connectivity index (χ0) is 13.6. The Labute approximate surface area is 120 Å². The zero-order valence-corrected chi connectivity index (χ0v) is 12.5. The Morgan fingerprint density at radius 3 is 2.58 bits per heavy atom. The second kappa shape index (κ2) is 6.99. The van der Waals surface area contributed by atoms with Crippen LogP contribution in [0.3, 0.4) is 0 Å². The predicted octanol–water partition coefficient (Wildman–Crippen LogP) is 3.37. The van der Waals surface area contributed by atoms with Crippen molar-refractivity contribution in [2.45, 2.75) is 37.5 Å². The van der Waals surface area contributed by atoms with Gasteiger partial charge < -0.3 is 5.32 Å². The largest absolute Gasteiger partial charge is 0.355 e. The Bertz CT molecular complexity index is 398. The van der Waals surface area contributed by atoms with Gasteiger partial charge in [0.05, 0.1) is 5.41 Å². The average molecular weight is 277 g/mol. The lowest BCUT2D eigenvalue weighted by molar-refractivity contribution is -0.126. The first kappa shape index (κ1) is 14.4. The maximum Gasteiger partial charge on any atom is 0.230 e. The van der Waals surface area contributed by atoms with Gasteiger partial charge in [0, 0.05) is 6.54 Å². The van der Waals surface area contributed by atoms with E-state index >= 15 is 0 Å². The maximum absolute atomic E-state index is 12.6. The standard InChI is InChI=1S/C16H23NOS/c1-19-13-7-12-17-15(18)16(10-5-6-11-16)14-8-3-2-4-9-14/h2-4,8-9H,5-7,10-13H2,1H3,(H,17,18). The molecule has 0 unspecified atom stereocenters. The van der Waals surface area contributed by atoms with Gasteiger partial charge in [0.1, 0.15) is 0 Å². The first-order valence-electron chi connectivity index (χ1n) is 7.12. The smallest absolute Gasteiger partial charge is 0.230 e. The topological polar surface area (TPSA) is 29.1 Å². The number of amides is 1.